The quantitative estimate of drug-likeness (QED) is 0.852. The molecule has 0 amide bonds. The third-order valence-corrected chi connectivity index (χ3v) is 3.80. The van der Waals surface area contributed by atoms with Gasteiger partial charge in [-0.25, -0.2) is 0 Å². The Morgan fingerprint density at radius 2 is 1.95 bits per heavy atom. The van der Waals surface area contributed by atoms with E-state index >= 15 is 0 Å². The van der Waals surface area contributed by atoms with Crippen LogP contribution in [-0.4, -0.2) is 7.11 Å². The molecule has 2 aromatic carbocycles. The number of hydrogen-bond acceptors (Lipinski definition) is 2. The SMILES string of the molecule is COc1cccc([C@@H](C)NCc2cc(Cl)ccc2Cl)c1. The molecule has 1 N–H and O–H groups in total. The third-order valence-electron chi connectivity index (χ3n) is 3.20. The summed E-state index contributed by atoms with van der Waals surface area (Å²) in [5.41, 5.74) is 2.16. The molecule has 2 rings (SSSR count). The van der Waals surface area contributed by atoms with E-state index in [-0.39, 0.29) is 6.04 Å². The Kier molecular flexibility index (Phi) is 5.30. The molecule has 0 aliphatic rings. The highest BCUT2D eigenvalue weighted by Gasteiger charge is 2.08. The average Bonchev–Trinajstić information content (AvgIpc) is 2.48. The van der Waals surface area contributed by atoms with Gasteiger partial charge in [0.15, 0.2) is 0 Å². The Bertz CT molecular complexity index is 586. The maximum Gasteiger partial charge on any atom is 0.119 e. The first kappa shape index (κ1) is 15.2. The van der Waals surface area contributed by atoms with Gasteiger partial charge in [-0.15, -0.1) is 0 Å². The normalized spacial score (nSPS) is 12.2. The van der Waals surface area contributed by atoms with E-state index in [1.54, 1.807) is 13.2 Å². The zero-order chi connectivity index (χ0) is 14.5. The molecule has 106 valence electrons. The largest absolute Gasteiger partial charge is 0.497 e. The summed E-state index contributed by atoms with van der Waals surface area (Å²) in [7, 11) is 1.67. The molecule has 0 saturated carbocycles. The van der Waals surface area contributed by atoms with E-state index in [4.69, 9.17) is 27.9 Å². The fraction of sp³-hybridized carbons (Fsp3) is 0.250. The van der Waals surface area contributed by atoms with Gasteiger partial charge in [0.2, 0.25) is 0 Å². The molecule has 0 unspecified atom stereocenters. The summed E-state index contributed by atoms with van der Waals surface area (Å²) < 4.78 is 5.24. The summed E-state index contributed by atoms with van der Waals surface area (Å²) in [6, 6.07) is 13.7. The molecule has 0 saturated heterocycles. The number of halogens is 2. The highest BCUT2D eigenvalue weighted by atomic mass is 35.5. The van der Waals surface area contributed by atoms with Gasteiger partial charge in [0.05, 0.1) is 7.11 Å². The summed E-state index contributed by atoms with van der Waals surface area (Å²) >= 11 is 12.1. The predicted molar refractivity (Wildman–Crippen MR) is 84.7 cm³/mol. The molecule has 0 radical (unpaired) electrons. The summed E-state index contributed by atoms with van der Waals surface area (Å²) in [6.45, 7) is 2.77. The maximum absolute atomic E-state index is 6.15. The van der Waals surface area contributed by atoms with E-state index in [2.05, 4.69) is 18.3 Å². The topological polar surface area (TPSA) is 21.3 Å². The van der Waals surface area contributed by atoms with E-state index < -0.39 is 0 Å². The Balaban J connectivity index is 2.04. The second kappa shape index (κ2) is 6.98. The van der Waals surface area contributed by atoms with Crippen LogP contribution in [0.3, 0.4) is 0 Å². The minimum atomic E-state index is 0.195. The molecule has 2 aromatic rings. The molecule has 0 spiro atoms. The van der Waals surface area contributed by atoms with Crippen LogP contribution in [0.25, 0.3) is 0 Å². The third kappa shape index (κ3) is 3.89. The molecule has 0 aliphatic heterocycles. The van der Waals surface area contributed by atoms with Gasteiger partial charge in [-0.2, -0.15) is 0 Å². The van der Waals surface area contributed by atoms with E-state index in [0.717, 1.165) is 16.3 Å². The van der Waals surface area contributed by atoms with Gasteiger partial charge in [0.25, 0.3) is 0 Å². The molecule has 20 heavy (non-hydrogen) atoms. The van der Waals surface area contributed by atoms with Gasteiger partial charge in [-0.1, -0.05) is 35.3 Å². The van der Waals surface area contributed by atoms with Crippen molar-refractivity contribution in [1.82, 2.24) is 5.32 Å². The molecule has 0 aromatic heterocycles. The van der Waals surface area contributed by atoms with Crippen molar-refractivity contribution in [2.24, 2.45) is 0 Å². The van der Waals surface area contributed by atoms with Crippen molar-refractivity contribution >= 4 is 23.2 Å². The lowest BCUT2D eigenvalue weighted by molar-refractivity contribution is 0.413. The maximum atomic E-state index is 6.15. The van der Waals surface area contributed by atoms with Crippen molar-refractivity contribution in [3.8, 4) is 5.75 Å². The predicted octanol–water partition coefficient (Wildman–Crippen LogP) is 4.85. The summed E-state index contributed by atoms with van der Waals surface area (Å²) in [5.74, 6) is 0.858. The molecule has 0 bridgehead atoms. The Labute approximate surface area is 129 Å². The van der Waals surface area contributed by atoms with Gasteiger partial charge in [-0.05, 0) is 48.4 Å². The van der Waals surface area contributed by atoms with Crippen LogP contribution in [0.1, 0.15) is 24.1 Å². The second-order valence-electron chi connectivity index (χ2n) is 4.61. The molecule has 0 aliphatic carbocycles. The molecule has 0 heterocycles. The number of benzene rings is 2. The lowest BCUT2D eigenvalue weighted by Crippen LogP contribution is -2.18. The van der Waals surface area contributed by atoms with Crippen LogP contribution in [0.2, 0.25) is 10.0 Å². The average molecular weight is 310 g/mol. The summed E-state index contributed by atoms with van der Waals surface area (Å²) in [4.78, 5) is 0. The number of rotatable bonds is 5. The van der Waals surface area contributed by atoms with Gasteiger partial charge in [0, 0.05) is 22.6 Å². The Morgan fingerprint density at radius 3 is 2.70 bits per heavy atom. The number of nitrogens with one attached hydrogen (secondary N) is 1. The van der Waals surface area contributed by atoms with Crippen LogP contribution in [0.5, 0.6) is 5.75 Å². The smallest absolute Gasteiger partial charge is 0.119 e. The fourth-order valence-electron chi connectivity index (χ4n) is 1.97. The minimum Gasteiger partial charge on any atom is -0.497 e. The fourth-order valence-corrected chi connectivity index (χ4v) is 2.35. The highest BCUT2D eigenvalue weighted by molar-refractivity contribution is 6.33. The van der Waals surface area contributed by atoms with Crippen LogP contribution in [0.4, 0.5) is 0 Å². The monoisotopic (exact) mass is 309 g/mol. The molecular formula is C16H17Cl2NO. The van der Waals surface area contributed by atoms with Crippen LogP contribution in [0.15, 0.2) is 42.5 Å². The lowest BCUT2D eigenvalue weighted by Gasteiger charge is -2.16. The van der Waals surface area contributed by atoms with Crippen molar-refractivity contribution in [3.63, 3.8) is 0 Å². The zero-order valence-electron chi connectivity index (χ0n) is 11.5. The minimum absolute atomic E-state index is 0.195. The van der Waals surface area contributed by atoms with Crippen LogP contribution in [-0.2, 0) is 6.54 Å². The van der Waals surface area contributed by atoms with Crippen LogP contribution in [0, 0.1) is 0 Å². The number of methoxy groups -OCH3 is 1. The van der Waals surface area contributed by atoms with Crippen molar-refractivity contribution in [1.29, 1.82) is 0 Å². The van der Waals surface area contributed by atoms with Crippen molar-refractivity contribution in [2.75, 3.05) is 7.11 Å². The summed E-state index contributed by atoms with van der Waals surface area (Å²) in [6.07, 6.45) is 0. The zero-order valence-corrected chi connectivity index (χ0v) is 13.0. The number of ether oxygens (including phenoxy) is 1. The van der Waals surface area contributed by atoms with E-state index in [9.17, 15) is 0 Å². The molecule has 1 atom stereocenters. The van der Waals surface area contributed by atoms with Crippen molar-refractivity contribution in [3.05, 3.63) is 63.6 Å². The van der Waals surface area contributed by atoms with E-state index in [0.29, 0.717) is 11.6 Å². The highest BCUT2D eigenvalue weighted by Crippen LogP contribution is 2.23. The van der Waals surface area contributed by atoms with Crippen molar-refractivity contribution < 1.29 is 4.74 Å². The summed E-state index contributed by atoms with van der Waals surface area (Å²) in [5, 5.41) is 4.85. The van der Waals surface area contributed by atoms with E-state index in [1.807, 2.05) is 30.3 Å². The second-order valence-corrected chi connectivity index (χ2v) is 5.46. The molecule has 4 heteroatoms. The Morgan fingerprint density at radius 1 is 1.15 bits per heavy atom. The lowest BCUT2D eigenvalue weighted by atomic mass is 10.1. The first-order chi connectivity index (χ1) is 9.60. The van der Waals surface area contributed by atoms with Crippen LogP contribution < -0.4 is 10.1 Å². The van der Waals surface area contributed by atoms with Gasteiger partial charge < -0.3 is 10.1 Å². The number of hydrogen-bond donors (Lipinski definition) is 1. The van der Waals surface area contributed by atoms with Gasteiger partial charge >= 0.3 is 0 Å². The van der Waals surface area contributed by atoms with Gasteiger partial charge in [0.1, 0.15) is 5.75 Å². The molecule has 0 fully saturated rings. The Hall–Kier alpha value is -1.22. The van der Waals surface area contributed by atoms with E-state index in [1.165, 1.54) is 5.56 Å². The first-order valence-corrected chi connectivity index (χ1v) is 7.17. The first-order valence-electron chi connectivity index (χ1n) is 6.41. The van der Waals surface area contributed by atoms with Gasteiger partial charge in [-0.3, -0.25) is 0 Å². The van der Waals surface area contributed by atoms with Crippen LogP contribution >= 0.6 is 23.2 Å². The standard InChI is InChI=1S/C16H17Cl2NO/c1-11(12-4-3-5-15(9-12)20-2)19-10-13-8-14(17)6-7-16(13)18/h3-9,11,19H,10H2,1-2H3/t11-/m1/s1. The molecule has 2 nitrogen and oxygen atoms in total. The van der Waals surface area contributed by atoms with Crippen molar-refractivity contribution in [2.45, 2.75) is 19.5 Å². The molecular weight excluding hydrogens is 293 g/mol.